The van der Waals surface area contributed by atoms with Crippen molar-refractivity contribution < 1.29 is 28.3 Å². The van der Waals surface area contributed by atoms with Crippen LogP contribution in [0, 0.1) is 0 Å². The Morgan fingerprint density at radius 3 is 1.94 bits per heavy atom. The third kappa shape index (κ3) is 20.2. The van der Waals surface area contributed by atoms with Gasteiger partial charge in [-0.15, -0.1) is 0 Å². The highest BCUT2D eigenvalue weighted by molar-refractivity contribution is 7.99. The summed E-state index contributed by atoms with van der Waals surface area (Å²) in [6.45, 7) is 6.76. The summed E-state index contributed by atoms with van der Waals surface area (Å²) in [5.74, 6) is 1.21. The van der Waals surface area contributed by atoms with Crippen LogP contribution in [-0.4, -0.2) is 48.0 Å². The zero-order valence-electron chi connectivity index (χ0n) is 22.4. The fourth-order valence-electron chi connectivity index (χ4n) is 3.77. The molecule has 0 amide bonds. The molecule has 0 aliphatic carbocycles. The third-order valence-corrected chi connectivity index (χ3v) is 8.57. The van der Waals surface area contributed by atoms with Gasteiger partial charge in [0.05, 0.1) is 19.8 Å². The molecule has 0 aromatic heterocycles. The van der Waals surface area contributed by atoms with Crippen molar-refractivity contribution in [3.05, 3.63) is 0 Å². The Hall–Kier alpha value is -0.0700. The molecule has 0 radical (unpaired) electrons. The van der Waals surface area contributed by atoms with Gasteiger partial charge in [-0.05, 0) is 31.9 Å². The van der Waals surface area contributed by atoms with E-state index in [4.69, 9.17) is 9.26 Å². The van der Waals surface area contributed by atoms with Crippen molar-refractivity contribution in [3.63, 3.8) is 0 Å². The van der Waals surface area contributed by atoms with Crippen LogP contribution >= 0.6 is 19.4 Å². The SMILES string of the molecule is CCCCCCCCCCCSC(CCCCCCC)CCOC(C)COP(=O)(O)C(=O)OC. The standard InChI is InChI=1S/C26H53O6PS/c1-5-7-9-11-12-13-14-16-18-22-34-25(19-17-15-10-8-6-2)20-21-31-24(3)23-32-33(28,29)26(27)30-4/h24-25H,5-23H2,1-4H3,(H,28,29). The molecule has 0 fully saturated rings. The van der Waals surface area contributed by atoms with E-state index < -0.39 is 13.3 Å². The van der Waals surface area contributed by atoms with Crippen LogP contribution in [0.2, 0.25) is 0 Å². The minimum atomic E-state index is -4.39. The maximum atomic E-state index is 11.7. The summed E-state index contributed by atoms with van der Waals surface area (Å²) >= 11 is 2.08. The zero-order valence-corrected chi connectivity index (χ0v) is 24.1. The van der Waals surface area contributed by atoms with E-state index in [0.29, 0.717) is 11.9 Å². The van der Waals surface area contributed by atoms with E-state index in [0.717, 1.165) is 13.5 Å². The van der Waals surface area contributed by atoms with Crippen molar-refractivity contribution >= 4 is 25.1 Å². The molecule has 0 aromatic carbocycles. The van der Waals surface area contributed by atoms with Gasteiger partial charge >= 0.3 is 13.3 Å². The van der Waals surface area contributed by atoms with Gasteiger partial charge in [0.25, 0.3) is 0 Å². The van der Waals surface area contributed by atoms with Crippen LogP contribution in [0.4, 0.5) is 4.79 Å². The molecule has 0 aliphatic rings. The summed E-state index contributed by atoms with van der Waals surface area (Å²) in [7, 11) is -3.33. The van der Waals surface area contributed by atoms with Gasteiger partial charge in [-0.2, -0.15) is 11.8 Å². The Bertz CT molecular complexity index is 520. The molecule has 8 heteroatoms. The lowest BCUT2D eigenvalue weighted by molar-refractivity contribution is 0.0277. The molecule has 6 nitrogen and oxygen atoms in total. The molecule has 0 saturated carbocycles. The van der Waals surface area contributed by atoms with Gasteiger partial charge < -0.3 is 14.4 Å². The number of thioether (sulfide) groups is 1. The second-order valence-corrected chi connectivity index (χ2v) is 12.4. The average Bonchev–Trinajstić information content (AvgIpc) is 2.82. The number of carbonyl (C=O) groups excluding carboxylic acids is 1. The van der Waals surface area contributed by atoms with E-state index in [9.17, 15) is 14.3 Å². The van der Waals surface area contributed by atoms with Gasteiger partial charge in [0.1, 0.15) is 0 Å². The first-order valence-electron chi connectivity index (χ1n) is 13.7. The lowest BCUT2D eigenvalue weighted by Crippen LogP contribution is -2.19. The molecule has 0 rings (SSSR count). The van der Waals surface area contributed by atoms with Crippen molar-refractivity contribution in [2.45, 2.75) is 135 Å². The fraction of sp³-hybridized carbons (Fsp3) is 0.962. The fourth-order valence-corrected chi connectivity index (χ4v) is 5.82. The molecule has 0 spiro atoms. The molecule has 0 bridgehead atoms. The van der Waals surface area contributed by atoms with Crippen LogP contribution in [0.3, 0.4) is 0 Å². The molecule has 34 heavy (non-hydrogen) atoms. The summed E-state index contributed by atoms with van der Waals surface area (Å²) < 4.78 is 26.6. The summed E-state index contributed by atoms with van der Waals surface area (Å²) in [4.78, 5) is 20.8. The van der Waals surface area contributed by atoms with Gasteiger partial charge in [-0.1, -0.05) is 97.3 Å². The molecule has 3 atom stereocenters. The number of hydrogen-bond donors (Lipinski definition) is 1. The first-order chi connectivity index (χ1) is 16.4. The Kier molecular flexibility index (Phi) is 23.3. The average molecular weight is 525 g/mol. The van der Waals surface area contributed by atoms with Gasteiger partial charge in [-0.3, -0.25) is 4.52 Å². The smallest absolute Gasteiger partial charge is 0.435 e. The van der Waals surface area contributed by atoms with Crippen molar-refractivity contribution in [3.8, 4) is 0 Å². The van der Waals surface area contributed by atoms with Crippen molar-refractivity contribution in [2.24, 2.45) is 0 Å². The summed E-state index contributed by atoms with van der Waals surface area (Å²) in [6.07, 6.45) is 20.5. The van der Waals surface area contributed by atoms with E-state index in [1.54, 1.807) is 6.92 Å². The number of unbranched alkanes of at least 4 members (excludes halogenated alkanes) is 12. The normalized spacial score (nSPS) is 15.1. The van der Waals surface area contributed by atoms with E-state index in [-0.39, 0.29) is 12.7 Å². The van der Waals surface area contributed by atoms with Crippen LogP contribution < -0.4 is 0 Å². The lowest BCUT2D eigenvalue weighted by atomic mass is 10.1. The number of ether oxygens (including phenoxy) is 2. The Morgan fingerprint density at radius 1 is 0.853 bits per heavy atom. The largest absolute Gasteiger partial charge is 0.460 e. The highest BCUT2D eigenvalue weighted by Crippen LogP contribution is 2.43. The molecular formula is C26H53O6PS. The molecule has 204 valence electrons. The first-order valence-corrected chi connectivity index (χ1v) is 16.3. The molecule has 0 aliphatic heterocycles. The number of hydrogen-bond acceptors (Lipinski definition) is 6. The van der Waals surface area contributed by atoms with Crippen LogP contribution in [0.5, 0.6) is 0 Å². The minimum Gasteiger partial charge on any atom is -0.460 e. The first kappa shape index (κ1) is 33.9. The molecule has 0 saturated heterocycles. The monoisotopic (exact) mass is 524 g/mol. The third-order valence-electron chi connectivity index (χ3n) is 5.96. The van der Waals surface area contributed by atoms with Crippen molar-refractivity contribution in [2.75, 3.05) is 26.1 Å². The predicted octanol–water partition coefficient (Wildman–Crippen LogP) is 8.74. The summed E-state index contributed by atoms with van der Waals surface area (Å²) in [6, 6.07) is 0. The number of methoxy groups -OCH3 is 1. The summed E-state index contributed by atoms with van der Waals surface area (Å²) in [5, 5.41) is 0.586. The molecule has 0 aromatic rings. The Morgan fingerprint density at radius 2 is 1.38 bits per heavy atom. The van der Waals surface area contributed by atoms with Gasteiger partial charge in [-0.25, -0.2) is 9.36 Å². The van der Waals surface area contributed by atoms with Crippen LogP contribution in [0.15, 0.2) is 0 Å². The maximum absolute atomic E-state index is 11.7. The highest BCUT2D eigenvalue weighted by atomic mass is 32.2. The zero-order chi connectivity index (χ0) is 25.5. The Balaban J connectivity index is 4.14. The second-order valence-electron chi connectivity index (χ2n) is 9.28. The van der Waals surface area contributed by atoms with E-state index in [1.165, 1.54) is 102 Å². The van der Waals surface area contributed by atoms with E-state index >= 15 is 0 Å². The topological polar surface area (TPSA) is 82.1 Å². The quantitative estimate of drug-likeness (QED) is 0.0944. The predicted molar refractivity (Wildman–Crippen MR) is 145 cm³/mol. The molecular weight excluding hydrogens is 471 g/mol. The van der Waals surface area contributed by atoms with Crippen LogP contribution in [0.1, 0.15) is 124 Å². The van der Waals surface area contributed by atoms with Crippen molar-refractivity contribution in [1.82, 2.24) is 0 Å². The molecule has 0 heterocycles. The van der Waals surface area contributed by atoms with Gasteiger partial charge in [0.15, 0.2) is 0 Å². The van der Waals surface area contributed by atoms with Crippen LogP contribution in [0.25, 0.3) is 0 Å². The van der Waals surface area contributed by atoms with Crippen molar-refractivity contribution in [1.29, 1.82) is 0 Å². The van der Waals surface area contributed by atoms with Gasteiger partial charge in [0.2, 0.25) is 0 Å². The maximum Gasteiger partial charge on any atom is 0.435 e. The molecule has 1 N–H and O–H groups in total. The number of carbonyl (C=O) groups is 1. The summed E-state index contributed by atoms with van der Waals surface area (Å²) in [5.41, 5.74) is -1.24. The minimum absolute atomic E-state index is 0.115. The van der Waals surface area contributed by atoms with E-state index in [1.807, 2.05) is 0 Å². The lowest BCUT2D eigenvalue weighted by Gasteiger charge is -2.19. The molecule has 3 unspecified atom stereocenters. The van der Waals surface area contributed by atoms with Crippen LogP contribution in [-0.2, 0) is 18.6 Å². The second kappa shape index (κ2) is 23.3. The highest BCUT2D eigenvalue weighted by Gasteiger charge is 2.32. The van der Waals surface area contributed by atoms with Gasteiger partial charge in [0, 0.05) is 11.9 Å². The number of rotatable bonds is 25. The van der Waals surface area contributed by atoms with E-state index in [2.05, 4.69) is 30.3 Å². The Labute approximate surface area is 214 Å².